The van der Waals surface area contributed by atoms with Crippen LogP contribution in [0.15, 0.2) is 64.4 Å². The van der Waals surface area contributed by atoms with Gasteiger partial charge in [-0.05, 0) is 31.3 Å². The van der Waals surface area contributed by atoms with Gasteiger partial charge in [0, 0.05) is 49.7 Å². The van der Waals surface area contributed by atoms with Crippen molar-refractivity contribution in [2.24, 2.45) is 0 Å². The van der Waals surface area contributed by atoms with Crippen LogP contribution in [0.3, 0.4) is 0 Å². The number of fused-ring (bicyclic) bond motifs is 1. The highest BCUT2D eigenvalue weighted by atomic mass is 32.2. The minimum atomic E-state index is -3.92. The standard InChI is InChI=1S/C22H24FN3O2S/c1-24-20-15-21(26-12-10-25(2)11-13-26)18-8-3-4-9-19(18)22(20)29(27,28)17-7-5-6-16(23)14-17/h3-9,14-15,24H,10-13H2,1-2H3. The van der Waals surface area contributed by atoms with E-state index in [1.807, 2.05) is 30.3 Å². The summed E-state index contributed by atoms with van der Waals surface area (Å²) < 4.78 is 40.7. The van der Waals surface area contributed by atoms with Crippen LogP contribution in [0.4, 0.5) is 15.8 Å². The molecule has 29 heavy (non-hydrogen) atoms. The molecule has 152 valence electrons. The van der Waals surface area contributed by atoms with Gasteiger partial charge in [0.15, 0.2) is 0 Å². The topological polar surface area (TPSA) is 52.6 Å². The highest BCUT2D eigenvalue weighted by molar-refractivity contribution is 7.92. The number of benzene rings is 3. The SMILES string of the molecule is CNc1cc(N2CCN(C)CC2)c2ccccc2c1S(=O)(=O)c1cccc(F)c1. The Morgan fingerprint density at radius 3 is 2.28 bits per heavy atom. The predicted molar refractivity (Wildman–Crippen MR) is 115 cm³/mol. The molecular formula is C22H24FN3O2S. The molecule has 0 radical (unpaired) electrons. The van der Waals surface area contributed by atoms with E-state index in [9.17, 15) is 12.8 Å². The lowest BCUT2D eigenvalue weighted by molar-refractivity contribution is 0.313. The van der Waals surface area contributed by atoms with Gasteiger partial charge in [-0.2, -0.15) is 0 Å². The van der Waals surface area contributed by atoms with Gasteiger partial charge in [0.2, 0.25) is 9.84 Å². The fraction of sp³-hybridized carbons (Fsp3) is 0.273. The molecule has 1 fully saturated rings. The largest absolute Gasteiger partial charge is 0.387 e. The number of hydrogen-bond acceptors (Lipinski definition) is 5. The summed E-state index contributed by atoms with van der Waals surface area (Å²) in [7, 11) is -0.105. The average molecular weight is 414 g/mol. The first-order chi connectivity index (χ1) is 13.9. The van der Waals surface area contributed by atoms with Crippen LogP contribution in [0, 0.1) is 5.82 Å². The number of sulfone groups is 1. The molecule has 0 aromatic heterocycles. The Morgan fingerprint density at radius 2 is 1.62 bits per heavy atom. The second-order valence-electron chi connectivity index (χ2n) is 7.32. The van der Waals surface area contributed by atoms with Gasteiger partial charge in [-0.15, -0.1) is 0 Å². The molecule has 0 atom stereocenters. The van der Waals surface area contributed by atoms with Crippen molar-refractivity contribution in [3.8, 4) is 0 Å². The van der Waals surface area contributed by atoms with E-state index in [0.29, 0.717) is 11.1 Å². The fourth-order valence-corrected chi connectivity index (χ4v) is 5.54. The molecular weight excluding hydrogens is 389 g/mol. The van der Waals surface area contributed by atoms with Gasteiger partial charge < -0.3 is 15.1 Å². The molecule has 4 rings (SSSR count). The molecule has 1 N–H and O–H groups in total. The molecule has 3 aromatic rings. The number of nitrogens with one attached hydrogen (secondary N) is 1. The molecule has 0 amide bonds. The average Bonchev–Trinajstić information content (AvgIpc) is 2.73. The molecule has 0 spiro atoms. The Balaban J connectivity index is 1.95. The predicted octanol–water partition coefficient (Wildman–Crippen LogP) is 3.61. The minimum Gasteiger partial charge on any atom is -0.387 e. The molecule has 3 aromatic carbocycles. The van der Waals surface area contributed by atoms with Gasteiger partial charge in [-0.25, -0.2) is 12.8 Å². The first-order valence-electron chi connectivity index (χ1n) is 9.59. The van der Waals surface area contributed by atoms with E-state index in [2.05, 4.69) is 22.2 Å². The lowest BCUT2D eigenvalue weighted by Crippen LogP contribution is -2.44. The molecule has 0 bridgehead atoms. The van der Waals surface area contributed by atoms with Gasteiger partial charge in [0.25, 0.3) is 0 Å². The summed E-state index contributed by atoms with van der Waals surface area (Å²) in [6, 6.07) is 14.6. The van der Waals surface area contributed by atoms with E-state index < -0.39 is 15.7 Å². The van der Waals surface area contributed by atoms with Crippen LogP contribution < -0.4 is 10.2 Å². The molecule has 1 aliphatic rings. The van der Waals surface area contributed by atoms with Crippen LogP contribution in [0.5, 0.6) is 0 Å². The summed E-state index contributed by atoms with van der Waals surface area (Å²) in [4.78, 5) is 4.70. The van der Waals surface area contributed by atoms with Gasteiger partial charge in [0.1, 0.15) is 10.7 Å². The second-order valence-corrected chi connectivity index (χ2v) is 9.21. The number of anilines is 2. The first kappa shape index (κ1) is 19.7. The van der Waals surface area contributed by atoms with Crippen molar-refractivity contribution in [2.75, 3.05) is 50.5 Å². The van der Waals surface area contributed by atoms with Crippen molar-refractivity contribution >= 4 is 32.0 Å². The van der Waals surface area contributed by atoms with Crippen LogP contribution in [0.2, 0.25) is 0 Å². The smallest absolute Gasteiger partial charge is 0.209 e. The van der Waals surface area contributed by atoms with E-state index in [1.54, 1.807) is 7.05 Å². The van der Waals surface area contributed by atoms with Gasteiger partial charge >= 0.3 is 0 Å². The third-order valence-electron chi connectivity index (χ3n) is 5.46. The van der Waals surface area contributed by atoms with E-state index in [-0.39, 0.29) is 9.79 Å². The fourth-order valence-electron chi connectivity index (χ4n) is 3.87. The zero-order valence-electron chi connectivity index (χ0n) is 16.5. The van der Waals surface area contributed by atoms with Crippen molar-refractivity contribution < 1.29 is 12.8 Å². The Kier molecular flexibility index (Phi) is 5.19. The Morgan fingerprint density at radius 1 is 0.931 bits per heavy atom. The zero-order chi connectivity index (χ0) is 20.6. The van der Waals surface area contributed by atoms with Crippen LogP contribution in [0.1, 0.15) is 0 Å². The summed E-state index contributed by atoms with van der Waals surface area (Å²) in [6.07, 6.45) is 0. The molecule has 1 heterocycles. The highest BCUT2D eigenvalue weighted by Crippen LogP contribution is 2.40. The lowest BCUT2D eigenvalue weighted by Gasteiger charge is -2.35. The van der Waals surface area contributed by atoms with Crippen molar-refractivity contribution in [3.63, 3.8) is 0 Å². The van der Waals surface area contributed by atoms with Crippen molar-refractivity contribution in [2.45, 2.75) is 9.79 Å². The van der Waals surface area contributed by atoms with Gasteiger partial charge in [-0.3, -0.25) is 0 Å². The normalized spacial score (nSPS) is 15.6. The summed E-state index contributed by atoms with van der Waals surface area (Å²) in [6.45, 7) is 3.65. The summed E-state index contributed by atoms with van der Waals surface area (Å²) in [5.74, 6) is -0.574. The Bertz CT molecular complexity index is 1160. The molecule has 0 saturated carbocycles. The highest BCUT2D eigenvalue weighted by Gasteiger charge is 2.27. The van der Waals surface area contributed by atoms with Gasteiger partial charge in [0.05, 0.1) is 10.6 Å². The first-order valence-corrected chi connectivity index (χ1v) is 11.1. The molecule has 1 saturated heterocycles. The molecule has 5 nitrogen and oxygen atoms in total. The third-order valence-corrected chi connectivity index (χ3v) is 7.31. The van der Waals surface area contributed by atoms with Crippen LogP contribution >= 0.6 is 0 Å². The maximum absolute atomic E-state index is 13.8. The van der Waals surface area contributed by atoms with Crippen LogP contribution in [-0.4, -0.2) is 53.6 Å². The van der Waals surface area contributed by atoms with E-state index in [4.69, 9.17) is 0 Å². The number of piperazine rings is 1. The molecule has 1 aliphatic heterocycles. The summed E-state index contributed by atoms with van der Waals surface area (Å²) in [5, 5.41) is 4.57. The molecule has 7 heteroatoms. The maximum Gasteiger partial charge on any atom is 0.209 e. The number of rotatable bonds is 4. The van der Waals surface area contributed by atoms with Crippen molar-refractivity contribution in [3.05, 3.63) is 60.4 Å². The zero-order valence-corrected chi connectivity index (χ0v) is 17.3. The molecule has 0 aliphatic carbocycles. The summed E-state index contributed by atoms with van der Waals surface area (Å²) >= 11 is 0. The third kappa shape index (κ3) is 3.56. The lowest BCUT2D eigenvalue weighted by atomic mass is 10.1. The van der Waals surface area contributed by atoms with E-state index in [1.165, 1.54) is 18.2 Å². The second kappa shape index (κ2) is 7.65. The number of likely N-dealkylation sites (N-methyl/N-ethyl adjacent to an activating group) is 1. The van der Waals surface area contributed by atoms with E-state index >= 15 is 0 Å². The number of hydrogen-bond donors (Lipinski definition) is 1. The Labute approximate surface area is 170 Å². The van der Waals surface area contributed by atoms with Crippen LogP contribution in [-0.2, 0) is 9.84 Å². The van der Waals surface area contributed by atoms with Crippen molar-refractivity contribution in [1.82, 2.24) is 4.90 Å². The van der Waals surface area contributed by atoms with Gasteiger partial charge in [-0.1, -0.05) is 30.3 Å². The van der Waals surface area contributed by atoms with Crippen LogP contribution in [0.25, 0.3) is 10.8 Å². The minimum absolute atomic E-state index is 0.0495. The monoisotopic (exact) mass is 413 g/mol. The number of halogens is 1. The quantitative estimate of drug-likeness (QED) is 0.708. The maximum atomic E-state index is 13.8. The van der Waals surface area contributed by atoms with Crippen molar-refractivity contribution in [1.29, 1.82) is 0 Å². The Hall–Kier alpha value is -2.64. The molecule has 0 unspecified atom stereocenters. The number of nitrogens with zero attached hydrogens (tertiary/aromatic N) is 2. The summed E-state index contributed by atoms with van der Waals surface area (Å²) in [5.41, 5.74) is 1.53. The van der Waals surface area contributed by atoms with E-state index in [0.717, 1.165) is 43.3 Å².